The van der Waals surface area contributed by atoms with Gasteiger partial charge in [0, 0.05) is 5.56 Å². The van der Waals surface area contributed by atoms with Crippen molar-refractivity contribution in [3.8, 4) is 0 Å². The van der Waals surface area contributed by atoms with Crippen LogP contribution in [-0.2, 0) is 0 Å². The molecule has 0 N–H and O–H groups in total. The number of likely N-dealkylation sites (N-methyl/N-ethyl adjacent to an activating group) is 1. The molecule has 1 aromatic rings. The van der Waals surface area contributed by atoms with Gasteiger partial charge in [-0.15, -0.1) is 0 Å². The highest BCUT2D eigenvalue weighted by Crippen LogP contribution is 2.35. The van der Waals surface area contributed by atoms with Crippen molar-refractivity contribution in [3.05, 3.63) is 33.8 Å². The number of carbonyl (C=O) groups is 1. The van der Waals surface area contributed by atoms with E-state index in [2.05, 4.69) is 4.90 Å². The first kappa shape index (κ1) is 15.8. The Hall–Kier alpha value is -0.570. The first-order chi connectivity index (χ1) is 9.47. The first-order valence-corrected chi connectivity index (χ1v) is 7.90. The zero-order valence-electron chi connectivity index (χ0n) is 12.1. The number of halogens is 2. The largest absolute Gasteiger partial charge is 0.297 e. The van der Waals surface area contributed by atoms with Crippen LogP contribution in [0.4, 0.5) is 0 Å². The fourth-order valence-corrected chi connectivity index (χ4v) is 3.39. The highest BCUT2D eigenvalue weighted by atomic mass is 35.5. The molecule has 0 bridgehead atoms. The van der Waals surface area contributed by atoms with Gasteiger partial charge in [-0.3, -0.25) is 9.69 Å². The van der Waals surface area contributed by atoms with Crippen molar-refractivity contribution in [3.63, 3.8) is 0 Å². The van der Waals surface area contributed by atoms with Gasteiger partial charge in [-0.05, 0) is 45.1 Å². The third-order valence-electron chi connectivity index (χ3n) is 4.39. The Balaban J connectivity index is 2.37. The van der Waals surface area contributed by atoms with Crippen LogP contribution in [0.25, 0.3) is 0 Å². The lowest BCUT2D eigenvalue weighted by Crippen LogP contribution is -2.50. The zero-order chi connectivity index (χ0) is 14.8. The van der Waals surface area contributed by atoms with Crippen LogP contribution in [0.5, 0.6) is 0 Å². The van der Waals surface area contributed by atoms with Crippen molar-refractivity contribution in [2.75, 3.05) is 14.1 Å². The van der Waals surface area contributed by atoms with Gasteiger partial charge >= 0.3 is 0 Å². The molecule has 0 amide bonds. The smallest absolute Gasteiger partial charge is 0.183 e. The van der Waals surface area contributed by atoms with E-state index >= 15 is 0 Å². The molecule has 0 aromatic heterocycles. The van der Waals surface area contributed by atoms with Crippen LogP contribution in [0.15, 0.2) is 18.2 Å². The molecule has 110 valence electrons. The number of ketones is 1. The van der Waals surface area contributed by atoms with E-state index in [1.165, 1.54) is 12.8 Å². The van der Waals surface area contributed by atoms with E-state index in [0.29, 0.717) is 15.6 Å². The summed E-state index contributed by atoms with van der Waals surface area (Å²) in [5, 5.41) is 0.933. The Bertz CT molecular complexity index is 491. The van der Waals surface area contributed by atoms with Crippen LogP contribution in [-0.4, -0.2) is 30.3 Å². The lowest BCUT2D eigenvalue weighted by atomic mass is 9.81. The summed E-state index contributed by atoms with van der Waals surface area (Å²) in [6, 6.07) is 5.19. The minimum absolute atomic E-state index is 0.169. The van der Waals surface area contributed by atoms with E-state index in [1.54, 1.807) is 18.2 Å². The summed E-state index contributed by atoms with van der Waals surface area (Å²) >= 11 is 12.0. The molecule has 1 fully saturated rings. The number of Topliss-reactive ketones (excluding diaryl/α,β-unsaturated/α-hetero) is 1. The summed E-state index contributed by atoms with van der Waals surface area (Å²) in [5.41, 5.74) is 0.267. The van der Waals surface area contributed by atoms with Gasteiger partial charge in [-0.1, -0.05) is 48.9 Å². The van der Waals surface area contributed by atoms with Gasteiger partial charge in [0.05, 0.1) is 15.6 Å². The van der Waals surface area contributed by atoms with Crippen LogP contribution in [0.3, 0.4) is 0 Å². The van der Waals surface area contributed by atoms with Crippen LogP contribution >= 0.6 is 23.2 Å². The summed E-state index contributed by atoms with van der Waals surface area (Å²) in [4.78, 5) is 15.1. The summed E-state index contributed by atoms with van der Waals surface area (Å²) in [5.74, 6) is 0.169. The SMILES string of the molecule is CN(C)C1(C(=O)c2ccc(Cl)c(Cl)c2)CCCCCC1. The number of benzene rings is 1. The minimum Gasteiger partial charge on any atom is -0.297 e. The van der Waals surface area contributed by atoms with E-state index in [9.17, 15) is 4.79 Å². The third kappa shape index (κ3) is 3.03. The van der Waals surface area contributed by atoms with Gasteiger partial charge in [0.25, 0.3) is 0 Å². The first-order valence-electron chi connectivity index (χ1n) is 7.15. The van der Waals surface area contributed by atoms with Gasteiger partial charge in [0.2, 0.25) is 0 Å². The predicted molar refractivity (Wildman–Crippen MR) is 84.9 cm³/mol. The second-order valence-electron chi connectivity index (χ2n) is 5.80. The Morgan fingerprint density at radius 1 is 1.05 bits per heavy atom. The normalized spacial score (nSPS) is 18.9. The van der Waals surface area contributed by atoms with Crippen LogP contribution in [0.2, 0.25) is 10.0 Å². The quantitative estimate of drug-likeness (QED) is 0.588. The standard InChI is InChI=1S/C16H21Cl2NO/c1-19(2)16(9-5-3-4-6-10-16)15(20)12-7-8-13(17)14(18)11-12/h7-8,11H,3-6,9-10H2,1-2H3. The Morgan fingerprint density at radius 3 is 2.15 bits per heavy atom. The fourth-order valence-electron chi connectivity index (χ4n) is 3.10. The van der Waals surface area contributed by atoms with Crippen LogP contribution < -0.4 is 0 Å². The summed E-state index contributed by atoms with van der Waals surface area (Å²) in [7, 11) is 4.00. The molecule has 1 saturated carbocycles. The zero-order valence-corrected chi connectivity index (χ0v) is 13.6. The van der Waals surface area contributed by atoms with Crippen molar-refractivity contribution in [1.82, 2.24) is 4.90 Å². The molecule has 1 aromatic carbocycles. The third-order valence-corrected chi connectivity index (χ3v) is 5.13. The highest BCUT2D eigenvalue weighted by molar-refractivity contribution is 6.42. The van der Waals surface area contributed by atoms with E-state index in [1.807, 2.05) is 14.1 Å². The lowest BCUT2D eigenvalue weighted by molar-refractivity contribution is 0.0635. The average Bonchev–Trinajstić information content (AvgIpc) is 2.67. The Labute approximate surface area is 131 Å². The molecule has 1 aliphatic carbocycles. The molecule has 0 spiro atoms. The molecule has 0 saturated heterocycles. The molecule has 2 rings (SSSR count). The van der Waals surface area contributed by atoms with Crippen LogP contribution in [0, 0.1) is 0 Å². The minimum atomic E-state index is -0.395. The molecule has 2 nitrogen and oxygen atoms in total. The van der Waals surface area contributed by atoms with Crippen molar-refractivity contribution >= 4 is 29.0 Å². The van der Waals surface area contributed by atoms with Gasteiger partial charge in [-0.25, -0.2) is 0 Å². The van der Waals surface area contributed by atoms with E-state index in [0.717, 1.165) is 25.7 Å². The summed E-state index contributed by atoms with van der Waals surface area (Å²) in [6.07, 6.45) is 6.46. The van der Waals surface area contributed by atoms with Crippen LogP contribution in [0.1, 0.15) is 48.9 Å². The fraction of sp³-hybridized carbons (Fsp3) is 0.562. The number of hydrogen-bond donors (Lipinski definition) is 0. The van der Waals surface area contributed by atoms with E-state index < -0.39 is 5.54 Å². The Kier molecular flexibility index (Phi) is 5.11. The van der Waals surface area contributed by atoms with Crippen molar-refractivity contribution in [1.29, 1.82) is 0 Å². The maximum atomic E-state index is 13.0. The number of rotatable bonds is 3. The molecular weight excluding hydrogens is 293 g/mol. The highest BCUT2D eigenvalue weighted by Gasteiger charge is 2.40. The topological polar surface area (TPSA) is 20.3 Å². The molecule has 0 unspecified atom stereocenters. The van der Waals surface area contributed by atoms with Gasteiger partial charge in [0.1, 0.15) is 0 Å². The van der Waals surface area contributed by atoms with Crippen molar-refractivity contribution in [2.45, 2.75) is 44.1 Å². The molecular formula is C16H21Cl2NO. The molecule has 4 heteroatoms. The second kappa shape index (κ2) is 6.46. The molecule has 0 aliphatic heterocycles. The lowest BCUT2D eigenvalue weighted by Gasteiger charge is -2.38. The molecule has 0 radical (unpaired) electrons. The number of carbonyl (C=O) groups excluding carboxylic acids is 1. The van der Waals surface area contributed by atoms with Gasteiger partial charge in [0.15, 0.2) is 5.78 Å². The monoisotopic (exact) mass is 313 g/mol. The molecule has 0 atom stereocenters. The van der Waals surface area contributed by atoms with Gasteiger partial charge < -0.3 is 0 Å². The molecule has 1 aliphatic rings. The Morgan fingerprint density at radius 2 is 1.65 bits per heavy atom. The average molecular weight is 314 g/mol. The molecule has 0 heterocycles. The maximum Gasteiger partial charge on any atom is 0.183 e. The molecule has 20 heavy (non-hydrogen) atoms. The van der Waals surface area contributed by atoms with Crippen molar-refractivity contribution in [2.24, 2.45) is 0 Å². The summed E-state index contributed by atoms with van der Waals surface area (Å²) < 4.78 is 0. The predicted octanol–water partition coefficient (Wildman–Crippen LogP) is 4.83. The second-order valence-corrected chi connectivity index (χ2v) is 6.61. The summed E-state index contributed by atoms with van der Waals surface area (Å²) in [6.45, 7) is 0. The maximum absolute atomic E-state index is 13.0. The van der Waals surface area contributed by atoms with E-state index in [-0.39, 0.29) is 5.78 Å². The van der Waals surface area contributed by atoms with Gasteiger partial charge in [-0.2, -0.15) is 0 Å². The van der Waals surface area contributed by atoms with Crippen molar-refractivity contribution < 1.29 is 4.79 Å². The number of nitrogens with zero attached hydrogens (tertiary/aromatic N) is 1. The number of hydrogen-bond acceptors (Lipinski definition) is 2. The van der Waals surface area contributed by atoms with E-state index in [4.69, 9.17) is 23.2 Å².